The van der Waals surface area contributed by atoms with Gasteiger partial charge in [0.2, 0.25) is 5.91 Å². The fraction of sp³-hybridized carbons (Fsp3) is 0.364. The second kappa shape index (κ2) is 8.96. The lowest BCUT2D eigenvalue weighted by atomic mass is 10.1. The molecule has 1 saturated heterocycles. The third-order valence-corrected chi connectivity index (χ3v) is 5.22. The molecule has 0 bridgehead atoms. The van der Waals surface area contributed by atoms with E-state index in [2.05, 4.69) is 4.90 Å². The molecule has 1 aliphatic rings. The number of ether oxygens (including phenoxy) is 3. The molecule has 1 fully saturated rings. The van der Waals surface area contributed by atoms with Gasteiger partial charge in [-0.2, -0.15) is 0 Å². The van der Waals surface area contributed by atoms with E-state index in [1.807, 2.05) is 31.2 Å². The van der Waals surface area contributed by atoms with Crippen molar-refractivity contribution >= 4 is 17.6 Å². The molecule has 0 radical (unpaired) electrons. The van der Waals surface area contributed by atoms with Crippen molar-refractivity contribution in [1.82, 2.24) is 4.90 Å². The van der Waals surface area contributed by atoms with Gasteiger partial charge in [0.15, 0.2) is 0 Å². The van der Waals surface area contributed by atoms with Crippen molar-refractivity contribution in [2.45, 2.75) is 19.5 Å². The Morgan fingerprint density at radius 3 is 2.38 bits per heavy atom. The van der Waals surface area contributed by atoms with Crippen LogP contribution in [0.2, 0.25) is 0 Å². The largest absolute Gasteiger partial charge is 0.497 e. The van der Waals surface area contributed by atoms with E-state index >= 15 is 0 Å². The molecular weight excluding hydrogens is 372 g/mol. The van der Waals surface area contributed by atoms with E-state index in [0.29, 0.717) is 30.2 Å². The lowest BCUT2D eigenvalue weighted by molar-refractivity contribution is -0.125. The van der Waals surface area contributed by atoms with Gasteiger partial charge >= 0.3 is 5.97 Å². The number of hydrogen-bond donors (Lipinski definition) is 0. The van der Waals surface area contributed by atoms with Crippen LogP contribution in [0.25, 0.3) is 0 Å². The molecule has 3 rings (SSSR count). The molecule has 29 heavy (non-hydrogen) atoms. The van der Waals surface area contributed by atoms with Crippen LogP contribution in [-0.4, -0.2) is 57.2 Å². The fourth-order valence-corrected chi connectivity index (χ4v) is 3.48. The highest BCUT2D eigenvalue weighted by molar-refractivity contribution is 5.99. The normalized spacial score (nSPS) is 17.2. The molecule has 0 saturated carbocycles. The second-order valence-corrected chi connectivity index (χ2v) is 6.86. The highest BCUT2D eigenvalue weighted by atomic mass is 16.5. The van der Waals surface area contributed by atoms with Crippen LogP contribution in [0.15, 0.2) is 42.5 Å². The zero-order valence-corrected chi connectivity index (χ0v) is 17.2. The van der Waals surface area contributed by atoms with E-state index < -0.39 is 0 Å². The highest BCUT2D eigenvalue weighted by Gasteiger charge is 2.33. The SMILES string of the molecule is COC(=O)c1ccc(CN2CCN(c3ccc(OC)cc3OC)C(=O)[C@H]2C)cc1. The van der Waals surface area contributed by atoms with E-state index in [9.17, 15) is 9.59 Å². The molecule has 0 N–H and O–H groups in total. The Hall–Kier alpha value is -3.06. The molecule has 0 aromatic heterocycles. The van der Waals surface area contributed by atoms with Gasteiger partial charge in [-0.1, -0.05) is 12.1 Å². The summed E-state index contributed by atoms with van der Waals surface area (Å²) in [6.45, 7) is 3.82. The second-order valence-electron chi connectivity index (χ2n) is 6.86. The van der Waals surface area contributed by atoms with Crippen molar-refractivity contribution in [2.75, 3.05) is 39.3 Å². The molecule has 1 aliphatic heterocycles. The maximum absolute atomic E-state index is 13.1. The molecule has 1 amide bonds. The topological polar surface area (TPSA) is 68.3 Å². The standard InChI is InChI=1S/C22H26N2O5/c1-15-21(25)24(19-10-9-18(27-2)13-20(19)28-3)12-11-23(15)14-16-5-7-17(8-6-16)22(26)29-4/h5-10,13,15H,11-12,14H2,1-4H3/t15-/m1/s1. The van der Waals surface area contributed by atoms with Crippen molar-refractivity contribution in [3.05, 3.63) is 53.6 Å². The van der Waals surface area contributed by atoms with Gasteiger partial charge in [0.05, 0.1) is 38.6 Å². The van der Waals surface area contributed by atoms with Gasteiger partial charge in [-0.15, -0.1) is 0 Å². The van der Waals surface area contributed by atoms with E-state index in [0.717, 1.165) is 17.8 Å². The minimum absolute atomic E-state index is 0.0193. The average molecular weight is 398 g/mol. The van der Waals surface area contributed by atoms with Crippen LogP contribution in [0.5, 0.6) is 11.5 Å². The predicted molar refractivity (Wildman–Crippen MR) is 110 cm³/mol. The molecule has 0 aliphatic carbocycles. The lowest BCUT2D eigenvalue weighted by Crippen LogP contribution is -2.55. The number of methoxy groups -OCH3 is 3. The van der Waals surface area contributed by atoms with Gasteiger partial charge in [-0.25, -0.2) is 4.79 Å². The zero-order valence-electron chi connectivity index (χ0n) is 17.2. The minimum Gasteiger partial charge on any atom is -0.497 e. The lowest BCUT2D eigenvalue weighted by Gasteiger charge is -2.39. The summed E-state index contributed by atoms with van der Waals surface area (Å²) in [5.74, 6) is 0.949. The summed E-state index contributed by atoms with van der Waals surface area (Å²) < 4.78 is 15.4. The first-order valence-electron chi connectivity index (χ1n) is 9.43. The molecule has 0 spiro atoms. The van der Waals surface area contributed by atoms with Gasteiger partial charge in [0.25, 0.3) is 0 Å². The fourth-order valence-electron chi connectivity index (χ4n) is 3.48. The number of esters is 1. The quantitative estimate of drug-likeness (QED) is 0.697. The van der Waals surface area contributed by atoms with Crippen LogP contribution in [0.4, 0.5) is 5.69 Å². The van der Waals surface area contributed by atoms with E-state index in [-0.39, 0.29) is 17.9 Å². The van der Waals surface area contributed by atoms with Crippen molar-refractivity contribution in [3.8, 4) is 11.5 Å². The first-order valence-corrected chi connectivity index (χ1v) is 9.43. The first-order chi connectivity index (χ1) is 14.0. The number of benzene rings is 2. The van der Waals surface area contributed by atoms with Crippen molar-refractivity contribution in [1.29, 1.82) is 0 Å². The summed E-state index contributed by atoms with van der Waals surface area (Å²) >= 11 is 0. The summed E-state index contributed by atoms with van der Waals surface area (Å²) in [5.41, 5.74) is 2.29. The summed E-state index contributed by atoms with van der Waals surface area (Å²) in [5, 5.41) is 0. The minimum atomic E-state index is -0.359. The number of hydrogen-bond acceptors (Lipinski definition) is 6. The molecule has 2 aromatic rings. The van der Waals surface area contributed by atoms with Gasteiger partial charge in [0, 0.05) is 25.7 Å². The average Bonchev–Trinajstić information content (AvgIpc) is 2.76. The van der Waals surface area contributed by atoms with Crippen LogP contribution in [0.1, 0.15) is 22.8 Å². The van der Waals surface area contributed by atoms with Crippen molar-refractivity contribution in [3.63, 3.8) is 0 Å². The maximum atomic E-state index is 13.1. The Bertz CT molecular complexity index is 881. The van der Waals surface area contributed by atoms with Crippen LogP contribution >= 0.6 is 0 Å². The Morgan fingerprint density at radius 2 is 1.76 bits per heavy atom. The van der Waals surface area contributed by atoms with Gasteiger partial charge < -0.3 is 19.1 Å². The molecule has 7 nitrogen and oxygen atoms in total. The van der Waals surface area contributed by atoms with Crippen LogP contribution in [0, 0.1) is 0 Å². The van der Waals surface area contributed by atoms with E-state index in [4.69, 9.17) is 14.2 Å². The Labute approximate surface area is 170 Å². The molecule has 1 heterocycles. The van der Waals surface area contributed by atoms with Crippen LogP contribution in [0.3, 0.4) is 0 Å². The van der Waals surface area contributed by atoms with Crippen molar-refractivity contribution < 1.29 is 23.8 Å². The molecule has 0 unspecified atom stereocenters. The third kappa shape index (κ3) is 4.35. The predicted octanol–water partition coefficient (Wildman–Crippen LogP) is 2.73. The molecule has 1 atom stereocenters. The molecular formula is C22H26N2O5. The summed E-state index contributed by atoms with van der Waals surface area (Å²) in [4.78, 5) is 28.5. The smallest absolute Gasteiger partial charge is 0.337 e. The van der Waals surface area contributed by atoms with Gasteiger partial charge in [0.1, 0.15) is 11.5 Å². The number of amides is 1. The number of piperazine rings is 1. The van der Waals surface area contributed by atoms with Gasteiger partial charge in [-0.05, 0) is 36.8 Å². The number of carbonyl (C=O) groups is 2. The zero-order chi connectivity index (χ0) is 21.0. The molecule has 2 aromatic carbocycles. The van der Waals surface area contributed by atoms with E-state index in [1.165, 1.54) is 7.11 Å². The highest BCUT2D eigenvalue weighted by Crippen LogP contribution is 2.34. The Kier molecular flexibility index (Phi) is 6.39. The van der Waals surface area contributed by atoms with E-state index in [1.54, 1.807) is 37.3 Å². The Morgan fingerprint density at radius 1 is 1.03 bits per heavy atom. The van der Waals surface area contributed by atoms with Crippen LogP contribution in [-0.2, 0) is 16.1 Å². The number of anilines is 1. The third-order valence-electron chi connectivity index (χ3n) is 5.22. The first kappa shape index (κ1) is 20.7. The number of nitrogens with zero attached hydrogens (tertiary/aromatic N) is 2. The summed E-state index contributed by atoms with van der Waals surface area (Å²) in [7, 11) is 4.54. The molecule has 7 heteroatoms. The maximum Gasteiger partial charge on any atom is 0.337 e. The number of rotatable bonds is 6. The van der Waals surface area contributed by atoms with Crippen LogP contribution < -0.4 is 14.4 Å². The van der Waals surface area contributed by atoms with Gasteiger partial charge in [-0.3, -0.25) is 9.69 Å². The van der Waals surface area contributed by atoms with Crippen molar-refractivity contribution in [2.24, 2.45) is 0 Å². The Balaban J connectivity index is 1.72. The number of carbonyl (C=O) groups excluding carboxylic acids is 2. The molecule has 154 valence electrons. The monoisotopic (exact) mass is 398 g/mol. The summed E-state index contributed by atoms with van der Waals surface area (Å²) in [6, 6.07) is 12.4. The summed E-state index contributed by atoms with van der Waals surface area (Å²) in [6.07, 6.45) is 0.